The number of rotatable bonds is 8. The third-order valence-electron chi connectivity index (χ3n) is 5.15. The molecule has 1 aliphatic carbocycles. The number of ether oxygens (including phenoxy) is 3. The molecule has 32 heavy (non-hydrogen) atoms. The molecule has 2 heterocycles. The van der Waals surface area contributed by atoms with Gasteiger partial charge in [0.25, 0.3) is 5.91 Å². The Morgan fingerprint density at radius 3 is 2.75 bits per heavy atom. The quantitative estimate of drug-likeness (QED) is 0.593. The fourth-order valence-electron chi connectivity index (χ4n) is 3.55. The van der Waals surface area contributed by atoms with E-state index >= 15 is 0 Å². The molecule has 2 aromatic rings. The van der Waals surface area contributed by atoms with Crippen molar-refractivity contribution in [3.8, 4) is 5.88 Å². The lowest BCUT2D eigenvalue weighted by atomic mass is 9.88. The highest BCUT2D eigenvalue weighted by molar-refractivity contribution is 7.17. The standard InChI is InChI=1S/C23H28N2O6S/c1-5-29-20-16(8-7-11-24-20)22(27)31-14(4)19(26)25-21-18(23(28)30-6-2)15-10-9-13(3)12-17(15)32-21/h7-8,11,13-14H,5-6,9-10,12H2,1-4H3,(H,25,26). The van der Waals surface area contributed by atoms with Crippen LogP contribution < -0.4 is 10.1 Å². The van der Waals surface area contributed by atoms with Crippen LogP contribution in [0.4, 0.5) is 5.00 Å². The number of nitrogens with zero attached hydrogens (tertiary/aromatic N) is 1. The van der Waals surface area contributed by atoms with Crippen molar-refractivity contribution in [2.75, 3.05) is 18.5 Å². The average molecular weight is 461 g/mol. The van der Waals surface area contributed by atoms with Crippen LogP contribution in [0, 0.1) is 5.92 Å². The van der Waals surface area contributed by atoms with Gasteiger partial charge >= 0.3 is 11.9 Å². The second-order valence-electron chi connectivity index (χ2n) is 7.60. The van der Waals surface area contributed by atoms with Crippen LogP contribution >= 0.6 is 11.3 Å². The number of pyridine rings is 1. The summed E-state index contributed by atoms with van der Waals surface area (Å²) >= 11 is 1.39. The van der Waals surface area contributed by atoms with Crippen molar-refractivity contribution in [1.29, 1.82) is 0 Å². The molecule has 2 unspecified atom stereocenters. The molecule has 9 heteroatoms. The highest BCUT2D eigenvalue weighted by atomic mass is 32.1. The zero-order chi connectivity index (χ0) is 23.3. The normalized spacial score (nSPS) is 15.9. The molecular weight excluding hydrogens is 432 g/mol. The van der Waals surface area contributed by atoms with Crippen molar-refractivity contribution in [2.24, 2.45) is 5.92 Å². The first-order valence-corrected chi connectivity index (χ1v) is 11.6. The van der Waals surface area contributed by atoms with Crippen LogP contribution in [-0.2, 0) is 27.1 Å². The van der Waals surface area contributed by atoms with Crippen LogP contribution in [0.3, 0.4) is 0 Å². The molecule has 1 amide bonds. The van der Waals surface area contributed by atoms with E-state index in [4.69, 9.17) is 14.2 Å². The summed E-state index contributed by atoms with van der Waals surface area (Å²) in [5, 5.41) is 3.21. The zero-order valence-electron chi connectivity index (χ0n) is 18.7. The van der Waals surface area contributed by atoms with Crippen LogP contribution in [0.15, 0.2) is 18.3 Å². The van der Waals surface area contributed by atoms with Gasteiger partial charge in [0.05, 0.1) is 18.8 Å². The van der Waals surface area contributed by atoms with Gasteiger partial charge < -0.3 is 19.5 Å². The van der Waals surface area contributed by atoms with Crippen LogP contribution in [-0.4, -0.2) is 42.1 Å². The third kappa shape index (κ3) is 5.27. The highest BCUT2D eigenvalue weighted by Crippen LogP contribution is 2.40. The Kier molecular flexibility index (Phi) is 7.84. The summed E-state index contributed by atoms with van der Waals surface area (Å²) in [6.07, 6.45) is 3.01. The molecule has 0 saturated heterocycles. The molecule has 0 aliphatic heterocycles. The molecule has 2 aromatic heterocycles. The maximum absolute atomic E-state index is 12.8. The molecule has 8 nitrogen and oxygen atoms in total. The minimum Gasteiger partial charge on any atom is -0.477 e. The van der Waals surface area contributed by atoms with E-state index in [1.165, 1.54) is 30.5 Å². The summed E-state index contributed by atoms with van der Waals surface area (Å²) < 4.78 is 15.9. The second kappa shape index (κ2) is 10.6. The molecule has 1 N–H and O–H groups in total. The Labute approximate surface area is 191 Å². The molecule has 3 rings (SSSR count). The predicted molar refractivity (Wildman–Crippen MR) is 120 cm³/mol. The van der Waals surface area contributed by atoms with Gasteiger partial charge in [0.2, 0.25) is 5.88 Å². The summed E-state index contributed by atoms with van der Waals surface area (Å²) in [6, 6.07) is 3.12. The molecule has 0 bridgehead atoms. The van der Waals surface area contributed by atoms with E-state index in [0.29, 0.717) is 23.1 Å². The first kappa shape index (κ1) is 23.7. The number of hydrogen-bond donors (Lipinski definition) is 1. The number of hydrogen-bond acceptors (Lipinski definition) is 8. The van der Waals surface area contributed by atoms with Gasteiger partial charge in [-0.2, -0.15) is 0 Å². The number of nitrogens with one attached hydrogen (secondary N) is 1. The fourth-order valence-corrected chi connectivity index (χ4v) is 4.95. The van der Waals surface area contributed by atoms with E-state index in [1.54, 1.807) is 19.9 Å². The van der Waals surface area contributed by atoms with Crippen LogP contribution in [0.2, 0.25) is 0 Å². The van der Waals surface area contributed by atoms with Crippen molar-refractivity contribution < 1.29 is 28.6 Å². The number of esters is 2. The van der Waals surface area contributed by atoms with E-state index in [0.717, 1.165) is 29.7 Å². The van der Waals surface area contributed by atoms with Gasteiger partial charge in [0.15, 0.2) is 6.10 Å². The van der Waals surface area contributed by atoms with E-state index in [2.05, 4.69) is 17.2 Å². The van der Waals surface area contributed by atoms with Gasteiger partial charge in [-0.15, -0.1) is 11.3 Å². The van der Waals surface area contributed by atoms with Gasteiger partial charge in [-0.3, -0.25) is 4.79 Å². The van der Waals surface area contributed by atoms with Gasteiger partial charge in [0.1, 0.15) is 10.6 Å². The Hall–Kier alpha value is -2.94. The average Bonchev–Trinajstić information content (AvgIpc) is 3.11. The van der Waals surface area contributed by atoms with Gasteiger partial charge in [-0.25, -0.2) is 14.6 Å². The van der Waals surface area contributed by atoms with Crippen LogP contribution in [0.5, 0.6) is 5.88 Å². The SMILES string of the molecule is CCOC(=O)c1c(NC(=O)C(C)OC(=O)c2cccnc2OCC)sc2c1CCC(C)C2. The van der Waals surface area contributed by atoms with Crippen LogP contribution in [0.25, 0.3) is 0 Å². The number of anilines is 1. The largest absolute Gasteiger partial charge is 0.477 e. The molecule has 0 aromatic carbocycles. The number of aromatic nitrogens is 1. The molecule has 172 valence electrons. The maximum atomic E-state index is 12.8. The Morgan fingerprint density at radius 1 is 1.25 bits per heavy atom. The molecule has 0 spiro atoms. The van der Waals surface area contributed by atoms with E-state index in [-0.39, 0.29) is 18.1 Å². The first-order chi connectivity index (χ1) is 15.3. The number of amides is 1. The number of thiophene rings is 1. The topological polar surface area (TPSA) is 104 Å². The lowest BCUT2D eigenvalue weighted by Crippen LogP contribution is -2.30. The Balaban J connectivity index is 1.76. The lowest BCUT2D eigenvalue weighted by molar-refractivity contribution is -0.123. The van der Waals surface area contributed by atoms with Gasteiger partial charge in [0, 0.05) is 11.1 Å². The molecule has 0 radical (unpaired) electrons. The predicted octanol–water partition coefficient (Wildman–Crippen LogP) is 4.03. The van der Waals surface area contributed by atoms with Crippen molar-refractivity contribution >= 4 is 34.2 Å². The van der Waals surface area contributed by atoms with Crippen molar-refractivity contribution in [1.82, 2.24) is 4.98 Å². The van der Waals surface area contributed by atoms with Crippen molar-refractivity contribution in [3.05, 3.63) is 39.9 Å². The molecule has 2 atom stereocenters. The van der Waals surface area contributed by atoms with Crippen molar-refractivity contribution in [2.45, 2.75) is 53.1 Å². The lowest BCUT2D eigenvalue weighted by Gasteiger charge is -2.18. The summed E-state index contributed by atoms with van der Waals surface area (Å²) in [4.78, 5) is 43.1. The van der Waals surface area contributed by atoms with E-state index in [1.807, 2.05) is 0 Å². The maximum Gasteiger partial charge on any atom is 0.344 e. The Morgan fingerprint density at radius 2 is 2.03 bits per heavy atom. The molecule has 0 fully saturated rings. The monoisotopic (exact) mass is 460 g/mol. The number of carbonyl (C=O) groups excluding carboxylic acids is 3. The third-order valence-corrected chi connectivity index (χ3v) is 6.32. The smallest absolute Gasteiger partial charge is 0.344 e. The number of fused-ring (bicyclic) bond motifs is 1. The number of carbonyl (C=O) groups is 3. The summed E-state index contributed by atoms with van der Waals surface area (Å²) in [7, 11) is 0. The molecular formula is C23H28N2O6S. The first-order valence-electron chi connectivity index (χ1n) is 10.8. The van der Waals surface area contributed by atoms with Gasteiger partial charge in [-0.05, 0) is 63.6 Å². The minimum atomic E-state index is -1.09. The molecule has 0 saturated carbocycles. The minimum absolute atomic E-state index is 0.141. The molecule has 1 aliphatic rings. The summed E-state index contributed by atoms with van der Waals surface area (Å²) in [5.74, 6) is -1.03. The second-order valence-corrected chi connectivity index (χ2v) is 8.71. The summed E-state index contributed by atoms with van der Waals surface area (Å²) in [6.45, 7) is 7.75. The van der Waals surface area contributed by atoms with E-state index < -0.39 is 23.9 Å². The van der Waals surface area contributed by atoms with Crippen molar-refractivity contribution in [3.63, 3.8) is 0 Å². The zero-order valence-corrected chi connectivity index (χ0v) is 19.5. The van der Waals surface area contributed by atoms with Gasteiger partial charge in [-0.1, -0.05) is 6.92 Å². The highest BCUT2D eigenvalue weighted by Gasteiger charge is 2.30. The Bertz CT molecular complexity index is 1000. The fraction of sp³-hybridized carbons (Fsp3) is 0.478. The van der Waals surface area contributed by atoms with E-state index in [9.17, 15) is 14.4 Å². The summed E-state index contributed by atoms with van der Waals surface area (Å²) in [5.41, 5.74) is 1.50. The van der Waals surface area contributed by atoms with Crippen LogP contribution in [0.1, 0.15) is 65.3 Å².